The van der Waals surface area contributed by atoms with Gasteiger partial charge in [-0.25, -0.2) is 17.6 Å². The first-order chi connectivity index (χ1) is 8.50. The first-order valence-corrected chi connectivity index (χ1v) is 5.31. The highest BCUT2D eigenvalue weighted by Crippen LogP contribution is 2.13. The lowest BCUT2D eigenvalue weighted by molar-refractivity contribution is -0.120. The van der Waals surface area contributed by atoms with Gasteiger partial charge in [0.05, 0.1) is 6.61 Å². The second-order valence-corrected chi connectivity index (χ2v) is 3.63. The van der Waals surface area contributed by atoms with Crippen LogP contribution in [0.4, 0.5) is 17.6 Å². The number of alkyl halides is 2. The number of ether oxygens (including phenoxy) is 1. The van der Waals surface area contributed by atoms with Crippen LogP contribution >= 0.6 is 0 Å². The number of benzene rings is 1. The van der Waals surface area contributed by atoms with Gasteiger partial charge < -0.3 is 4.74 Å². The third-order valence-electron chi connectivity index (χ3n) is 2.20. The van der Waals surface area contributed by atoms with Crippen molar-refractivity contribution in [1.82, 2.24) is 0 Å². The molecule has 0 heterocycles. The molecule has 0 aromatic heterocycles. The molecule has 0 saturated heterocycles. The van der Waals surface area contributed by atoms with E-state index in [9.17, 15) is 22.4 Å². The van der Waals surface area contributed by atoms with E-state index in [-0.39, 0.29) is 18.6 Å². The van der Waals surface area contributed by atoms with Crippen LogP contribution < -0.4 is 0 Å². The van der Waals surface area contributed by atoms with Gasteiger partial charge >= 0.3 is 0 Å². The number of ketones is 1. The summed E-state index contributed by atoms with van der Waals surface area (Å²) in [6.45, 7) is -0.930. The summed E-state index contributed by atoms with van der Waals surface area (Å²) in [5, 5.41) is 0. The van der Waals surface area contributed by atoms with Crippen molar-refractivity contribution in [2.75, 3.05) is 13.2 Å². The number of hydrogen-bond acceptors (Lipinski definition) is 2. The Morgan fingerprint density at radius 3 is 2.39 bits per heavy atom. The molecule has 2 nitrogen and oxygen atoms in total. The van der Waals surface area contributed by atoms with Gasteiger partial charge in [0.25, 0.3) is 6.43 Å². The Morgan fingerprint density at radius 1 is 1.22 bits per heavy atom. The first-order valence-electron chi connectivity index (χ1n) is 5.31. The van der Waals surface area contributed by atoms with Gasteiger partial charge in [0.2, 0.25) is 0 Å². The topological polar surface area (TPSA) is 26.3 Å². The largest absolute Gasteiger partial charge is 0.375 e. The van der Waals surface area contributed by atoms with Crippen molar-refractivity contribution < 1.29 is 27.1 Å². The molecule has 0 aliphatic rings. The van der Waals surface area contributed by atoms with Crippen LogP contribution in [0, 0.1) is 11.6 Å². The van der Waals surface area contributed by atoms with Gasteiger partial charge in [0, 0.05) is 18.4 Å². The molecule has 18 heavy (non-hydrogen) atoms. The van der Waals surface area contributed by atoms with Crippen molar-refractivity contribution in [3.8, 4) is 0 Å². The summed E-state index contributed by atoms with van der Waals surface area (Å²) >= 11 is 0. The Kier molecular flexibility index (Phi) is 5.77. The number of rotatable bonds is 7. The molecule has 0 aliphatic heterocycles. The van der Waals surface area contributed by atoms with E-state index in [1.165, 1.54) is 6.07 Å². The van der Waals surface area contributed by atoms with Crippen LogP contribution in [0.25, 0.3) is 0 Å². The lowest BCUT2D eigenvalue weighted by Crippen LogP contribution is -2.12. The molecular formula is C12H12F4O2. The summed E-state index contributed by atoms with van der Waals surface area (Å²) in [4.78, 5) is 11.4. The van der Waals surface area contributed by atoms with Gasteiger partial charge in [-0.15, -0.1) is 0 Å². The summed E-state index contributed by atoms with van der Waals surface area (Å²) < 4.78 is 54.3. The van der Waals surface area contributed by atoms with Crippen molar-refractivity contribution in [3.05, 3.63) is 35.4 Å². The van der Waals surface area contributed by atoms with Gasteiger partial charge in [-0.05, 0) is 12.1 Å². The number of hydrogen-bond donors (Lipinski definition) is 0. The fraction of sp³-hybridized carbons (Fsp3) is 0.417. The van der Waals surface area contributed by atoms with E-state index in [0.717, 1.165) is 12.1 Å². The van der Waals surface area contributed by atoms with Gasteiger partial charge in [-0.2, -0.15) is 0 Å². The van der Waals surface area contributed by atoms with Crippen LogP contribution in [0.1, 0.15) is 12.0 Å². The second-order valence-electron chi connectivity index (χ2n) is 3.63. The van der Waals surface area contributed by atoms with Gasteiger partial charge in [-0.3, -0.25) is 4.79 Å². The Labute approximate surface area is 102 Å². The molecule has 0 spiro atoms. The normalized spacial score (nSPS) is 10.9. The highest BCUT2D eigenvalue weighted by atomic mass is 19.3. The zero-order chi connectivity index (χ0) is 13.5. The average molecular weight is 264 g/mol. The highest BCUT2D eigenvalue weighted by Gasteiger charge is 2.13. The Bertz CT molecular complexity index is 387. The molecule has 0 aliphatic carbocycles. The smallest absolute Gasteiger partial charge is 0.261 e. The summed E-state index contributed by atoms with van der Waals surface area (Å²) in [7, 11) is 0. The quantitative estimate of drug-likeness (QED) is 0.559. The summed E-state index contributed by atoms with van der Waals surface area (Å²) in [6, 6.07) is 3.31. The lowest BCUT2D eigenvalue weighted by atomic mass is 10.1. The third-order valence-corrected chi connectivity index (χ3v) is 2.20. The molecular weight excluding hydrogens is 252 g/mol. The average Bonchev–Trinajstić information content (AvgIpc) is 2.29. The fourth-order valence-electron chi connectivity index (χ4n) is 1.35. The maximum Gasteiger partial charge on any atom is 0.261 e. The van der Waals surface area contributed by atoms with E-state index in [2.05, 4.69) is 4.74 Å². The minimum Gasteiger partial charge on any atom is -0.375 e. The van der Waals surface area contributed by atoms with Crippen LogP contribution in [0.5, 0.6) is 0 Å². The van der Waals surface area contributed by atoms with Gasteiger partial charge in [0.15, 0.2) is 0 Å². The summed E-state index contributed by atoms with van der Waals surface area (Å²) in [5.74, 6) is -2.05. The summed E-state index contributed by atoms with van der Waals surface area (Å²) in [6.07, 6.45) is -3.15. The van der Waals surface area contributed by atoms with Crippen molar-refractivity contribution >= 4 is 5.78 Å². The number of carbonyl (C=O) groups is 1. The monoisotopic (exact) mass is 264 g/mol. The molecule has 1 aromatic carbocycles. The molecule has 0 radical (unpaired) electrons. The van der Waals surface area contributed by atoms with Crippen molar-refractivity contribution in [3.63, 3.8) is 0 Å². The standard InChI is InChI=1S/C12H12F4O2/c13-10-2-1-3-11(14)9(10)6-8(17)4-5-18-7-12(15)16/h1-3,12H,4-7H2. The predicted octanol–water partition coefficient (Wildman–Crippen LogP) is 2.75. The molecule has 0 amide bonds. The zero-order valence-corrected chi connectivity index (χ0v) is 9.47. The Hall–Kier alpha value is -1.43. The molecule has 100 valence electrons. The maximum absolute atomic E-state index is 13.2. The first kappa shape index (κ1) is 14.6. The van der Waals surface area contributed by atoms with E-state index in [1.807, 2.05) is 0 Å². The Morgan fingerprint density at radius 2 is 1.83 bits per heavy atom. The van der Waals surface area contributed by atoms with Gasteiger partial charge in [-0.1, -0.05) is 6.07 Å². The van der Waals surface area contributed by atoms with Crippen molar-refractivity contribution in [2.45, 2.75) is 19.3 Å². The SMILES string of the molecule is O=C(CCOCC(F)F)Cc1c(F)cccc1F. The molecule has 0 unspecified atom stereocenters. The summed E-state index contributed by atoms with van der Waals surface area (Å²) in [5.41, 5.74) is -0.309. The Balaban J connectivity index is 2.40. The molecule has 0 bridgehead atoms. The fourth-order valence-corrected chi connectivity index (χ4v) is 1.35. The number of halogens is 4. The van der Waals surface area contributed by atoms with Gasteiger partial charge in [0.1, 0.15) is 24.0 Å². The van der Waals surface area contributed by atoms with E-state index in [0.29, 0.717) is 0 Å². The molecule has 1 aromatic rings. The molecule has 1 rings (SSSR count). The van der Waals surface area contributed by atoms with E-state index in [4.69, 9.17) is 0 Å². The second kappa shape index (κ2) is 7.10. The van der Waals surface area contributed by atoms with Crippen LogP contribution in [0.2, 0.25) is 0 Å². The molecule has 6 heteroatoms. The predicted molar refractivity (Wildman–Crippen MR) is 56.5 cm³/mol. The molecule has 0 saturated carbocycles. The third kappa shape index (κ3) is 4.83. The minimum absolute atomic E-state index is 0.152. The van der Waals surface area contributed by atoms with Crippen LogP contribution in [-0.2, 0) is 16.0 Å². The maximum atomic E-state index is 13.2. The molecule has 0 fully saturated rings. The number of carbonyl (C=O) groups excluding carboxylic acids is 1. The lowest BCUT2D eigenvalue weighted by Gasteiger charge is -2.05. The van der Waals surface area contributed by atoms with Crippen molar-refractivity contribution in [1.29, 1.82) is 0 Å². The highest BCUT2D eigenvalue weighted by molar-refractivity contribution is 5.81. The van der Waals surface area contributed by atoms with E-state index in [1.54, 1.807) is 0 Å². The van der Waals surface area contributed by atoms with Crippen molar-refractivity contribution in [2.24, 2.45) is 0 Å². The zero-order valence-electron chi connectivity index (χ0n) is 9.47. The van der Waals surface area contributed by atoms with E-state index < -0.39 is 36.9 Å². The van der Waals surface area contributed by atoms with E-state index >= 15 is 0 Å². The minimum atomic E-state index is -2.59. The van der Waals surface area contributed by atoms with Crippen LogP contribution in [0.3, 0.4) is 0 Å². The molecule has 0 N–H and O–H groups in total. The van der Waals surface area contributed by atoms with Crippen LogP contribution in [-0.4, -0.2) is 25.4 Å². The van der Waals surface area contributed by atoms with Crippen LogP contribution in [0.15, 0.2) is 18.2 Å². The molecule has 0 atom stereocenters. The number of Topliss-reactive ketones (excluding diaryl/α,β-unsaturated/α-hetero) is 1.